The predicted molar refractivity (Wildman–Crippen MR) is 85.6 cm³/mol. The van der Waals surface area contributed by atoms with E-state index in [0.29, 0.717) is 17.7 Å². The number of nitro benzene ring substituents is 1. The molecule has 0 aliphatic carbocycles. The van der Waals surface area contributed by atoms with Crippen LogP contribution < -0.4 is 14.8 Å². The number of rotatable bonds is 7. The molecule has 0 aromatic heterocycles. The van der Waals surface area contributed by atoms with E-state index in [4.69, 9.17) is 9.47 Å². The van der Waals surface area contributed by atoms with Gasteiger partial charge in [0.2, 0.25) is 0 Å². The summed E-state index contributed by atoms with van der Waals surface area (Å²) in [7, 11) is 1.51. The molecule has 2 aromatic carbocycles. The van der Waals surface area contributed by atoms with Crippen LogP contribution in [0.25, 0.3) is 0 Å². The number of methoxy groups -OCH3 is 1. The number of hydrogen-bond donors (Lipinski definition) is 1. The molecule has 0 bridgehead atoms. The van der Waals surface area contributed by atoms with Gasteiger partial charge in [0.15, 0.2) is 12.4 Å². The fraction of sp³-hybridized carbons (Fsp3) is 0.125. The summed E-state index contributed by atoms with van der Waals surface area (Å²) in [5.41, 5.74) is 0.275. The molecule has 0 spiro atoms. The average molecular weight is 330 g/mol. The summed E-state index contributed by atoms with van der Waals surface area (Å²) in [5, 5.41) is 13.6. The Morgan fingerprint density at radius 2 is 2.08 bits per heavy atom. The van der Waals surface area contributed by atoms with E-state index in [1.807, 2.05) is 0 Å². The van der Waals surface area contributed by atoms with Crippen LogP contribution in [0.3, 0.4) is 0 Å². The monoisotopic (exact) mass is 330 g/mol. The van der Waals surface area contributed by atoms with Gasteiger partial charge in [-0.3, -0.25) is 19.7 Å². The highest BCUT2D eigenvalue weighted by Gasteiger charge is 2.17. The van der Waals surface area contributed by atoms with Gasteiger partial charge in [-0.05, 0) is 24.3 Å². The summed E-state index contributed by atoms with van der Waals surface area (Å²) in [5.74, 6) is -0.00258. The zero-order valence-corrected chi connectivity index (χ0v) is 12.7. The van der Waals surface area contributed by atoms with Gasteiger partial charge >= 0.3 is 5.69 Å². The summed E-state index contributed by atoms with van der Waals surface area (Å²) >= 11 is 0. The highest BCUT2D eigenvalue weighted by Crippen LogP contribution is 2.27. The number of benzene rings is 2. The van der Waals surface area contributed by atoms with Gasteiger partial charge in [-0.25, -0.2) is 0 Å². The predicted octanol–water partition coefficient (Wildman–Crippen LogP) is 2.43. The first-order chi connectivity index (χ1) is 11.5. The number of nitro groups is 1. The number of amides is 1. The molecule has 0 aliphatic heterocycles. The number of nitrogens with zero attached hydrogens (tertiary/aromatic N) is 1. The fourth-order valence-corrected chi connectivity index (χ4v) is 1.91. The van der Waals surface area contributed by atoms with Crippen molar-refractivity contribution in [2.45, 2.75) is 0 Å². The van der Waals surface area contributed by atoms with Crippen molar-refractivity contribution in [3.05, 3.63) is 58.1 Å². The van der Waals surface area contributed by atoms with Gasteiger partial charge in [0.1, 0.15) is 12.0 Å². The third kappa shape index (κ3) is 4.29. The lowest BCUT2D eigenvalue weighted by Gasteiger charge is -2.09. The van der Waals surface area contributed by atoms with Crippen molar-refractivity contribution in [2.24, 2.45) is 0 Å². The second-order valence-electron chi connectivity index (χ2n) is 4.67. The lowest BCUT2D eigenvalue weighted by molar-refractivity contribution is -0.385. The first kappa shape index (κ1) is 16.9. The highest BCUT2D eigenvalue weighted by molar-refractivity contribution is 5.92. The molecule has 1 N–H and O–H groups in total. The van der Waals surface area contributed by atoms with E-state index in [-0.39, 0.29) is 17.0 Å². The molecule has 24 heavy (non-hydrogen) atoms. The molecule has 0 aliphatic rings. The zero-order valence-electron chi connectivity index (χ0n) is 12.7. The topological polar surface area (TPSA) is 108 Å². The van der Waals surface area contributed by atoms with Gasteiger partial charge in [0.25, 0.3) is 5.91 Å². The van der Waals surface area contributed by atoms with E-state index in [1.165, 1.54) is 19.2 Å². The minimum atomic E-state index is -0.678. The van der Waals surface area contributed by atoms with E-state index in [2.05, 4.69) is 5.32 Å². The number of anilines is 1. The van der Waals surface area contributed by atoms with E-state index < -0.39 is 17.4 Å². The number of hydrogen-bond acceptors (Lipinski definition) is 6. The molecule has 2 rings (SSSR count). The molecule has 8 nitrogen and oxygen atoms in total. The Balaban J connectivity index is 2.03. The lowest BCUT2D eigenvalue weighted by atomic mass is 10.2. The molecule has 0 atom stereocenters. The molecular formula is C16H14N2O6. The number of carbonyl (C=O) groups is 2. The zero-order chi connectivity index (χ0) is 17.5. The quantitative estimate of drug-likeness (QED) is 0.474. The minimum absolute atomic E-state index is 0.0913. The Morgan fingerprint density at radius 1 is 1.29 bits per heavy atom. The first-order valence-corrected chi connectivity index (χ1v) is 6.84. The van der Waals surface area contributed by atoms with Crippen LogP contribution in [0.15, 0.2) is 42.5 Å². The Morgan fingerprint density at radius 3 is 2.75 bits per heavy atom. The Hall–Kier alpha value is -3.42. The molecule has 0 fully saturated rings. The second kappa shape index (κ2) is 7.73. The van der Waals surface area contributed by atoms with Crippen LogP contribution in [0, 0.1) is 10.1 Å². The van der Waals surface area contributed by atoms with Crippen molar-refractivity contribution in [2.75, 3.05) is 19.0 Å². The van der Waals surface area contributed by atoms with Crippen molar-refractivity contribution in [3.63, 3.8) is 0 Å². The highest BCUT2D eigenvalue weighted by atomic mass is 16.6. The molecule has 0 unspecified atom stereocenters. The lowest BCUT2D eigenvalue weighted by Crippen LogP contribution is -2.20. The van der Waals surface area contributed by atoms with Crippen LogP contribution in [-0.2, 0) is 4.79 Å². The van der Waals surface area contributed by atoms with Crippen molar-refractivity contribution in [1.29, 1.82) is 0 Å². The largest absolute Gasteiger partial charge is 0.497 e. The van der Waals surface area contributed by atoms with E-state index in [1.54, 1.807) is 24.3 Å². The number of carbonyl (C=O) groups excluding carboxylic acids is 2. The van der Waals surface area contributed by atoms with Gasteiger partial charge in [-0.15, -0.1) is 0 Å². The van der Waals surface area contributed by atoms with Gasteiger partial charge in [-0.1, -0.05) is 6.07 Å². The summed E-state index contributed by atoms with van der Waals surface area (Å²) in [4.78, 5) is 32.9. The molecule has 0 saturated heterocycles. The molecule has 124 valence electrons. The van der Waals surface area contributed by atoms with Crippen LogP contribution in [-0.4, -0.2) is 30.8 Å². The maximum Gasteiger partial charge on any atom is 0.311 e. The number of ether oxygens (including phenoxy) is 2. The van der Waals surface area contributed by atoms with E-state index >= 15 is 0 Å². The third-order valence-corrected chi connectivity index (χ3v) is 3.03. The van der Waals surface area contributed by atoms with E-state index in [9.17, 15) is 19.7 Å². The number of aldehydes is 1. The standard InChI is InChI=1S/C16H14N2O6/c1-23-13-4-2-3-12(8-13)17-16(20)10-24-15-6-5-11(9-19)7-14(15)18(21)22/h2-9H,10H2,1H3,(H,17,20). The second-order valence-corrected chi connectivity index (χ2v) is 4.67. The van der Waals surface area contributed by atoms with Gasteiger partial charge in [-0.2, -0.15) is 0 Å². The summed E-state index contributed by atoms with van der Waals surface area (Å²) in [6.45, 7) is -0.418. The Bertz CT molecular complexity index is 775. The van der Waals surface area contributed by atoms with Crippen LogP contribution >= 0.6 is 0 Å². The SMILES string of the molecule is COc1cccc(NC(=O)COc2ccc(C=O)cc2[N+](=O)[O-])c1. The average Bonchev–Trinajstić information content (AvgIpc) is 2.59. The fourth-order valence-electron chi connectivity index (χ4n) is 1.91. The number of nitrogens with one attached hydrogen (secondary N) is 1. The molecule has 0 radical (unpaired) electrons. The van der Waals surface area contributed by atoms with Gasteiger partial charge < -0.3 is 14.8 Å². The summed E-state index contributed by atoms with van der Waals surface area (Å²) < 4.78 is 10.2. The maximum absolute atomic E-state index is 11.9. The summed E-state index contributed by atoms with van der Waals surface area (Å²) in [6, 6.07) is 10.5. The normalized spacial score (nSPS) is 9.88. The van der Waals surface area contributed by atoms with Crippen molar-refractivity contribution < 1.29 is 24.0 Å². The third-order valence-electron chi connectivity index (χ3n) is 3.03. The smallest absolute Gasteiger partial charge is 0.311 e. The van der Waals surface area contributed by atoms with Gasteiger partial charge in [0.05, 0.1) is 12.0 Å². The Kier molecular flexibility index (Phi) is 5.45. The molecule has 8 heteroatoms. The molecule has 1 amide bonds. The van der Waals surface area contributed by atoms with Crippen LogP contribution in [0.2, 0.25) is 0 Å². The molecular weight excluding hydrogens is 316 g/mol. The van der Waals surface area contributed by atoms with Crippen LogP contribution in [0.4, 0.5) is 11.4 Å². The molecule has 0 heterocycles. The summed E-state index contributed by atoms with van der Waals surface area (Å²) in [6.07, 6.45) is 0.492. The van der Waals surface area contributed by atoms with E-state index in [0.717, 1.165) is 6.07 Å². The van der Waals surface area contributed by atoms with Crippen molar-refractivity contribution in [3.8, 4) is 11.5 Å². The molecule has 2 aromatic rings. The maximum atomic E-state index is 11.9. The minimum Gasteiger partial charge on any atom is -0.497 e. The van der Waals surface area contributed by atoms with Gasteiger partial charge in [0, 0.05) is 23.4 Å². The first-order valence-electron chi connectivity index (χ1n) is 6.84. The van der Waals surface area contributed by atoms with Crippen LogP contribution in [0.5, 0.6) is 11.5 Å². The van der Waals surface area contributed by atoms with Crippen molar-refractivity contribution in [1.82, 2.24) is 0 Å². The Labute approximate surface area is 137 Å². The molecule has 0 saturated carbocycles. The van der Waals surface area contributed by atoms with Crippen LogP contribution in [0.1, 0.15) is 10.4 Å². The van der Waals surface area contributed by atoms with Crippen molar-refractivity contribution >= 4 is 23.6 Å².